The summed E-state index contributed by atoms with van der Waals surface area (Å²) in [6.45, 7) is 6.97. The monoisotopic (exact) mass is 287 g/mol. The molecule has 1 heterocycles. The van der Waals surface area contributed by atoms with Gasteiger partial charge in [0.25, 0.3) is 0 Å². The molecule has 0 amide bonds. The quantitative estimate of drug-likeness (QED) is 0.848. The first-order chi connectivity index (χ1) is 10.1. The van der Waals surface area contributed by atoms with Crippen LogP contribution in [-0.4, -0.2) is 23.4 Å². The zero-order chi connectivity index (χ0) is 15.2. The van der Waals surface area contributed by atoms with Crippen molar-refractivity contribution in [1.29, 1.82) is 0 Å². The lowest BCUT2D eigenvalue weighted by molar-refractivity contribution is 0.340. The van der Waals surface area contributed by atoms with Crippen LogP contribution in [0.5, 0.6) is 5.75 Å². The first kappa shape index (κ1) is 15.6. The molecule has 0 saturated heterocycles. The zero-order valence-electron chi connectivity index (χ0n) is 13.3. The number of nitrogens with one attached hydrogen (secondary N) is 1. The molecule has 1 aromatic heterocycles. The Morgan fingerprint density at radius 3 is 2.43 bits per heavy atom. The third-order valence-electron chi connectivity index (χ3n) is 3.55. The molecule has 1 N–H and O–H groups in total. The number of hydrogen-bond acceptors (Lipinski definition) is 3. The lowest BCUT2D eigenvalue weighted by Crippen LogP contribution is -2.19. The van der Waals surface area contributed by atoms with Crippen molar-refractivity contribution in [3.05, 3.63) is 47.8 Å². The third-order valence-corrected chi connectivity index (χ3v) is 3.55. The molecule has 21 heavy (non-hydrogen) atoms. The van der Waals surface area contributed by atoms with Gasteiger partial charge in [-0.3, -0.25) is 4.68 Å². The van der Waals surface area contributed by atoms with Crippen molar-refractivity contribution in [1.82, 2.24) is 15.1 Å². The van der Waals surface area contributed by atoms with E-state index in [0.717, 1.165) is 17.9 Å². The fourth-order valence-electron chi connectivity index (χ4n) is 2.33. The average Bonchev–Trinajstić information content (AvgIpc) is 2.95. The Balaban J connectivity index is 2.07. The van der Waals surface area contributed by atoms with Crippen LogP contribution in [0.2, 0.25) is 0 Å². The van der Waals surface area contributed by atoms with Gasteiger partial charge in [0.15, 0.2) is 0 Å². The maximum atomic E-state index is 5.49. The molecule has 0 aliphatic carbocycles. The predicted octanol–water partition coefficient (Wildman–Crippen LogP) is 3.37. The van der Waals surface area contributed by atoms with Crippen LogP contribution < -0.4 is 10.1 Å². The van der Waals surface area contributed by atoms with E-state index in [-0.39, 0.29) is 6.04 Å². The van der Waals surface area contributed by atoms with Crippen molar-refractivity contribution < 1.29 is 4.74 Å². The van der Waals surface area contributed by atoms with Crippen LogP contribution in [0.25, 0.3) is 0 Å². The van der Waals surface area contributed by atoms with Crippen LogP contribution in [0.4, 0.5) is 0 Å². The molecule has 4 nitrogen and oxygen atoms in total. The van der Waals surface area contributed by atoms with Crippen LogP contribution in [0.15, 0.2) is 36.5 Å². The second-order valence-electron chi connectivity index (χ2n) is 5.43. The van der Waals surface area contributed by atoms with E-state index in [0.29, 0.717) is 12.6 Å². The van der Waals surface area contributed by atoms with E-state index >= 15 is 0 Å². The molecule has 2 aromatic rings. The van der Waals surface area contributed by atoms with Crippen molar-refractivity contribution in [2.75, 3.05) is 13.7 Å². The number of aromatic nitrogens is 2. The Labute approximate surface area is 127 Å². The Morgan fingerprint density at radius 2 is 1.90 bits per heavy atom. The number of nitrogens with zero attached hydrogens (tertiary/aromatic N) is 2. The average molecular weight is 287 g/mol. The van der Waals surface area contributed by atoms with Crippen LogP contribution in [0.3, 0.4) is 0 Å². The van der Waals surface area contributed by atoms with E-state index in [1.54, 1.807) is 0 Å². The molecule has 1 unspecified atom stereocenters. The van der Waals surface area contributed by atoms with E-state index in [1.165, 1.54) is 5.56 Å². The second kappa shape index (κ2) is 7.27. The molecule has 1 aromatic carbocycles. The molecule has 0 bridgehead atoms. The highest BCUT2D eigenvalue weighted by molar-refractivity contribution is 5.29. The van der Waals surface area contributed by atoms with Gasteiger partial charge in [0.2, 0.25) is 0 Å². The summed E-state index contributed by atoms with van der Waals surface area (Å²) in [5.41, 5.74) is 2.36. The fourth-order valence-corrected chi connectivity index (χ4v) is 2.33. The lowest BCUT2D eigenvalue weighted by atomic mass is 10.0. The SMILES string of the molecule is CCOc1ccc(C(Cc2ccn(C(C)C)n2)NC)cc1. The minimum absolute atomic E-state index is 0.260. The standard InChI is InChI=1S/C17H25N3O/c1-5-21-16-8-6-14(7-9-16)17(18-4)12-15-10-11-20(19-15)13(2)3/h6-11,13,17-18H,5,12H2,1-4H3. The lowest BCUT2D eigenvalue weighted by Gasteiger charge is -2.16. The van der Waals surface area contributed by atoms with Gasteiger partial charge in [-0.25, -0.2) is 0 Å². The zero-order valence-corrected chi connectivity index (χ0v) is 13.3. The normalized spacial score (nSPS) is 12.6. The number of rotatable bonds is 7. The van der Waals surface area contributed by atoms with Gasteiger partial charge in [-0.05, 0) is 51.6 Å². The van der Waals surface area contributed by atoms with Crippen molar-refractivity contribution >= 4 is 0 Å². The molecule has 1 atom stereocenters. The summed E-state index contributed by atoms with van der Waals surface area (Å²) in [4.78, 5) is 0. The molecule has 0 fully saturated rings. The fraction of sp³-hybridized carbons (Fsp3) is 0.471. The van der Waals surface area contributed by atoms with Crippen LogP contribution in [0.1, 0.15) is 44.1 Å². The third kappa shape index (κ3) is 4.08. The van der Waals surface area contributed by atoms with Crippen molar-refractivity contribution in [3.63, 3.8) is 0 Å². The number of ether oxygens (including phenoxy) is 1. The van der Waals surface area contributed by atoms with Gasteiger partial charge in [-0.1, -0.05) is 12.1 Å². The van der Waals surface area contributed by atoms with E-state index in [1.807, 2.05) is 37.0 Å². The number of hydrogen-bond donors (Lipinski definition) is 1. The Kier molecular flexibility index (Phi) is 5.39. The number of benzene rings is 1. The molecule has 0 saturated carbocycles. The molecule has 4 heteroatoms. The smallest absolute Gasteiger partial charge is 0.119 e. The molecule has 0 aliphatic rings. The Bertz CT molecular complexity index is 545. The van der Waals surface area contributed by atoms with Gasteiger partial charge in [0.05, 0.1) is 12.3 Å². The minimum Gasteiger partial charge on any atom is -0.494 e. The van der Waals surface area contributed by atoms with Crippen molar-refractivity contribution in [2.45, 2.75) is 39.3 Å². The first-order valence-corrected chi connectivity index (χ1v) is 7.58. The molecule has 0 spiro atoms. The highest BCUT2D eigenvalue weighted by Crippen LogP contribution is 2.21. The van der Waals surface area contributed by atoms with E-state index < -0.39 is 0 Å². The summed E-state index contributed by atoms with van der Waals surface area (Å²) < 4.78 is 7.49. The van der Waals surface area contributed by atoms with Crippen LogP contribution >= 0.6 is 0 Å². The van der Waals surface area contributed by atoms with Gasteiger partial charge in [-0.2, -0.15) is 5.10 Å². The molecule has 0 aliphatic heterocycles. The Hall–Kier alpha value is -1.81. The van der Waals surface area contributed by atoms with Gasteiger partial charge in [0.1, 0.15) is 5.75 Å². The molecule has 2 rings (SSSR count). The molecular weight excluding hydrogens is 262 g/mol. The van der Waals surface area contributed by atoms with Gasteiger partial charge >= 0.3 is 0 Å². The van der Waals surface area contributed by atoms with Gasteiger partial charge in [0, 0.05) is 24.7 Å². The maximum Gasteiger partial charge on any atom is 0.119 e. The molecule has 114 valence electrons. The van der Waals surface area contributed by atoms with E-state index in [9.17, 15) is 0 Å². The summed E-state index contributed by atoms with van der Waals surface area (Å²) in [6.07, 6.45) is 2.93. The first-order valence-electron chi connectivity index (χ1n) is 7.58. The van der Waals surface area contributed by atoms with Crippen LogP contribution in [-0.2, 0) is 6.42 Å². The summed E-state index contributed by atoms with van der Waals surface area (Å²) in [7, 11) is 1.99. The highest BCUT2D eigenvalue weighted by atomic mass is 16.5. The van der Waals surface area contributed by atoms with Crippen molar-refractivity contribution in [3.8, 4) is 5.75 Å². The van der Waals surface area contributed by atoms with E-state index in [2.05, 4.69) is 42.5 Å². The molecule has 0 radical (unpaired) electrons. The number of likely N-dealkylation sites (N-methyl/N-ethyl adjacent to an activating group) is 1. The van der Waals surface area contributed by atoms with Crippen molar-refractivity contribution in [2.24, 2.45) is 0 Å². The van der Waals surface area contributed by atoms with Gasteiger partial charge < -0.3 is 10.1 Å². The summed E-state index contributed by atoms with van der Waals surface area (Å²) >= 11 is 0. The van der Waals surface area contributed by atoms with E-state index in [4.69, 9.17) is 4.74 Å². The minimum atomic E-state index is 0.260. The predicted molar refractivity (Wildman–Crippen MR) is 85.7 cm³/mol. The largest absolute Gasteiger partial charge is 0.494 e. The topological polar surface area (TPSA) is 39.1 Å². The Morgan fingerprint density at radius 1 is 1.19 bits per heavy atom. The van der Waals surface area contributed by atoms with Crippen LogP contribution in [0, 0.1) is 0 Å². The summed E-state index contributed by atoms with van der Waals surface area (Å²) in [5.74, 6) is 0.917. The summed E-state index contributed by atoms with van der Waals surface area (Å²) in [5, 5.41) is 7.99. The second-order valence-corrected chi connectivity index (χ2v) is 5.43. The highest BCUT2D eigenvalue weighted by Gasteiger charge is 2.12. The maximum absolute atomic E-state index is 5.49. The van der Waals surface area contributed by atoms with Gasteiger partial charge in [-0.15, -0.1) is 0 Å². The molecular formula is C17H25N3O. The summed E-state index contributed by atoms with van der Waals surface area (Å²) in [6, 6.07) is 11.0.